The minimum Gasteiger partial charge on any atom is -0.393 e. The van der Waals surface area contributed by atoms with Gasteiger partial charge in [-0.25, -0.2) is 0 Å². The van der Waals surface area contributed by atoms with Crippen LogP contribution in [0.25, 0.3) is 0 Å². The van der Waals surface area contributed by atoms with Crippen LogP contribution in [0, 0.1) is 17.8 Å². The fourth-order valence-electron chi connectivity index (χ4n) is 2.48. The molecule has 0 heterocycles. The highest BCUT2D eigenvalue weighted by Crippen LogP contribution is 2.34. The number of carbonyl (C=O) groups is 2. The Morgan fingerprint density at radius 1 is 1.41 bits per heavy atom. The van der Waals surface area contributed by atoms with Gasteiger partial charge in [0.2, 0.25) is 0 Å². The topological polar surface area (TPSA) is 74.6 Å². The first-order valence-electron chi connectivity index (χ1n) is 6.35. The molecule has 1 aliphatic rings. The van der Waals surface area contributed by atoms with E-state index in [0.29, 0.717) is 19.1 Å². The largest absolute Gasteiger partial charge is 0.393 e. The van der Waals surface area contributed by atoms with Gasteiger partial charge in [-0.1, -0.05) is 13.8 Å². The molecule has 0 aromatic carbocycles. The van der Waals surface area contributed by atoms with Crippen LogP contribution in [0.1, 0.15) is 39.5 Å². The molecule has 0 saturated heterocycles. The standard InChI is InChI=1S/C13H22O4/c1-3-8(2)11(15)5-4-9-10(7-14)13(17)6-12(9)16/h7-10,12-13,16-17H,3-6H2,1-2H3/t8?,9-,10+,12-,13+/m0/s1. The van der Waals surface area contributed by atoms with Crippen LogP contribution in [0.5, 0.6) is 0 Å². The van der Waals surface area contributed by atoms with E-state index in [1.165, 1.54) is 0 Å². The predicted molar refractivity (Wildman–Crippen MR) is 63.4 cm³/mol. The lowest BCUT2D eigenvalue weighted by Gasteiger charge is -2.18. The Morgan fingerprint density at radius 2 is 2.06 bits per heavy atom. The molecule has 1 aliphatic carbocycles. The molecule has 0 radical (unpaired) electrons. The number of Topliss-reactive ketones (excluding diaryl/α,β-unsaturated/α-hetero) is 1. The number of aliphatic hydroxyl groups is 2. The first-order valence-corrected chi connectivity index (χ1v) is 6.35. The third-order valence-electron chi connectivity index (χ3n) is 3.96. The number of aldehydes is 1. The molecule has 4 heteroatoms. The summed E-state index contributed by atoms with van der Waals surface area (Å²) < 4.78 is 0. The van der Waals surface area contributed by atoms with Gasteiger partial charge < -0.3 is 15.0 Å². The molecular weight excluding hydrogens is 220 g/mol. The Kier molecular flexibility index (Phi) is 5.28. The van der Waals surface area contributed by atoms with Crippen LogP contribution in [0.2, 0.25) is 0 Å². The Bertz CT molecular complexity index is 277. The highest BCUT2D eigenvalue weighted by atomic mass is 16.3. The smallest absolute Gasteiger partial charge is 0.135 e. The normalized spacial score (nSPS) is 34.6. The van der Waals surface area contributed by atoms with Crippen LogP contribution in [0.3, 0.4) is 0 Å². The Labute approximate surface area is 102 Å². The molecule has 4 nitrogen and oxygen atoms in total. The fraction of sp³-hybridized carbons (Fsp3) is 0.846. The van der Waals surface area contributed by atoms with Gasteiger partial charge in [-0.15, -0.1) is 0 Å². The van der Waals surface area contributed by atoms with Crippen molar-refractivity contribution < 1.29 is 19.8 Å². The van der Waals surface area contributed by atoms with Crippen LogP contribution in [0.15, 0.2) is 0 Å². The third-order valence-corrected chi connectivity index (χ3v) is 3.96. The first kappa shape index (κ1) is 14.3. The molecule has 1 fully saturated rings. The number of ketones is 1. The van der Waals surface area contributed by atoms with E-state index >= 15 is 0 Å². The number of hydrogen-bond donors (Lipinski definition) is 2. The van der Waals surface area contributed by atoms with E-state index in [9.17, 15) is 19.8 Å². The maximum absolute atomic E-state index is 11.7. The summed E-state index contributed by atoms with van der Waals surface area (Å²) in [6, 6.07) is 0. The van der Waals surface area contributed by atoms with Gasteiger partial charge in [-0.2, -0.15) is 0 Å². The average Bonchev–Trinajstić information content (AvgIpc) is 2.58. The Morgan fingerprint density at radius 3 is 2.59 bits per heavy atom. The van der Waals surface area contributed by atoms with Crippen LogP contribution in [-0.4, -0.2) is 34.5 Å². The molecule has 2 N–H and O–H groups in total. The lowest BCUT2D eigenvalue weighted by atomic mass is 9.88. The van der Waals surface area contributed by atoms with Crippen molar-refractivity contribution in [1.82, 2.24) is 0 Å². The molecule has 0 aromatic heterocycles. The molecule has 5 atom stereocenters. The molecule has 1 unspecified atom stereocenters. The number of carbonyl (C=O) groups excluding carboxylic acids is 2. The van der Waals surface area contributed by atoms with Crippen molar-refractivity contribution in [3.05, 3.63) is 0 Å². The van der Waals surface area contributed by atoms with Crippen molar-refractivity contribution >= 4 is 12.1 Å². The van der Waals surface area contributed by atoms with Gasteiger partial charge in [0.25, 0.3) is 0 Å². The second kappa shape index (κ2) is 6.26. The van der Waals surface area contributed by atoms with E-state index in [2.05, 4.69) is 0 Å². The Hall–Kier alpha value is -0.740. The molecule has 0 spiro atoms. The number of hydrogen-bond acceptors (Lipinski definition) is 4. The molecule has 1 saturated carbocycles. The summed E-state index contributed by atoms with van der Waals surface area (Å²) in [5, 5.41) is 19.3. The van der Waals surface area contributed by atoms with Crippen molar-refractivity contribution in [3.63, 3.8) is 0 Å². The first-order chi connectivity index (χ1) is 8.01. The SMILES string of the molecule is CCC(C)C(=O)CC[C@H]1[C@@H](C=O)[C@H](O)C[C@@H]1O. The molecule has 0 aromatic rings. The van der Waals surface area contributed by atoms with Crippen molar-refractivity contribution in [2.24, 2.45) is 17.8 Å². The minimum atomic E-state index is -0.758. The van der Waals surface area contributed by atoms with Crippen molar-refractivity contribution in [2.45, 2.75) is 51.7 Å². The molecular formula is C13H22O4. The molecule has 98 valence electrons. The van der Waals surface area contributed by atoms with Crippen LogP contribution in [0.4, 0.5) is 0 Å². The van der Waals surface area contributed by atoms with Gasteiger partial charge in [0.15, 0.2) is 0 Å². The monoisotopic (exact) mass is 242 g/mol. The summed E-state index contributed by atoms with van der Waals surface area (Å²) in [6.07, 6.45) is 1.21. The molecule has 17 heavy (non-hydrogen) atoms. The summed E-state index contributed by atoms with van der Waals surface area (Å²) >= 11 is 0. The van der Waals surface area contributed by atoms with Crippen molar-refractivity contribution in [2.75, 3.05) is 0 Å². The fourth-order valence-corrected chi connectivity index (χ4v) is 2.48. The zero-order valence-electron chi connectivity index (χ0n) is 10.5. The zero-order valence-corrected chi connectivity index (χ0v) is 10.5. The summed E-state index contributed by atoms with van der Waals surface area (Å²) in [6.45, 7) is 3.85. The zero-order chi connectivity index (χ0) is 13.0. The molecule has 1 rings (SSSR count). The van der Waals surface area contributed by atoms with Crippen LogP contribution < -0.4 is 0 Å². The summed E-state index contributed by atoms with van der Waals surface area (Å²) in [7, 11) is 0. The highest BCUT2D eigenvalue weighted by molar-refractivity contribution is 5.80. The van der Waals surface area contributed by atoms with Crippen LogP contribution in [-0.2, 0) is 9.59 Å². The third kappa shape index (κ3) is 3.36. The molecule has 0 amide bonds. The number of aliphatic hydroxyl groups excluding tert-OH is 2. The van der Waals surface area contributed by atoms with E-state index in [-0.39, 0.29) is 24.0 Å². The maximum Gasteiger partial charge on any atom is 0.135 e. The predicted octanol–water partition coefficient (Wildman–Crippen LogP) is 0.939. The van der Waals surface area contributed by atoms with E-state index in [1.54, 1.807) is 0 Å². The van der Waals surface area contributed by atoms with E-state index in [0.717, 1.165) is 6.42 Å². The second-order valence-electron chi connectivity index (χ2n) is 5.06. The van der Waals surface area contributed by atoms with Gasteiger partial charge in [0, 0.05) is 24.7 Å². The van der Waals surface area contributed by atoms with Gasteiger partial charge in [0.1, 0.15) is 12.1 Å². The van der Waals surface area contributed by atoms with E-state index in [1.807, 2.05) is 13.8 Å². The van der Waals surface area contributed by atoms with E-state index in [4.69, 9.17) is 0 Å². The van der Waals surface area contributed by atoms with Gasteiger partial charge in [-0.3, -0.25) is 4.79 Å². The van der Waals surface area contributed by atoms with Crippen molar-refractivity contribution in [3.8, 4) is 0 Å². The summed E-state index contributed by atoms with van der Waals surface area (Å²) in [5.41, 5.74) is 0. The van der Waals surface area contributed by atoms with Crippen molar-refractivity contribution in [1.29, 1.82) is 0 Å². The minimum absolute atomic E-state index is 0.0353. The molecule has 0 aliphatic heterocycles. The Balaban J connectivity index is 2.50. The summed E-state index contributed by atoms with van der Waals surface area (Å²) in [5.74, 6) is -0.580. The molecule has 0 bridgehead atoms. The number of rotatable bonds is 6. The lowest BCUT2D eigenvalue weighted by molar-refractivity contribution is -0.123. The maximum atomic E-state index is 11.7. The average molecular weight is 242 g/mol. The summed E-state index contributed by atoms with van der Waals surface area (Å²) in [4.78, 5) is 22.5. The lowest BCUT2D eigenvalue weighted by Crippen LogP contribution is -2.24. The van der Waals surface area contributed by atoms with Gasteiger partial charge >= 0.3 is 0 Å². The van der Waals surface area contributed by atoms with Gasteiger partial charge in [0.05, 0.1) is 12.2 Å². The van der Waals surface area contributed by atoms with E-state index < -0.39 is 18.1 Å². The quantitative estimate of drug-likeness (QED) is 0.680. The second-order valence-corrected chi connectivity index (χ2v) is 5.06. The highest BCUT2D eigenvalue weighted by Gasteiger charge is 2.41. The van der Waals surface area contributed by atoms with Gasteiger partial charge in [-0.05, 0) is 18.8 Å². The van der Waals surface area contributed by atoms with Crippen LogP contribution >= 0.6 is 0 Å².